The van der Waals surface area contributed by atoms with Gasteiger partial charge in [-0.25, -0.2) is 4.79 Å². The van der Waals surface area contributed by atoms with Crippen molar-refractivity contribution < 1.29 is 19.1 Å². The van der Waals surface area contributed by atoms with Crippen molar-refractivity contribution in [2.45, 2.75) is 28.4 Å². The van der Waals surface area contributed by atoms with Gasteiger partial charge in [0, 0.05) is 11.5 Å². The van der Waals surface area contributed by atoms with Gasteiger partial charge in [-0.2, -0.15) is 0 Å². The molecule has 190 valence electrons. The van der Waals surface area contributed by atoms with E-state index in [0.717, 1.165) is 26.0 Å². The van der Waals surface area contributed by atoms with E-state index in [2.05, 4.69) is 15.5 Å². The smallest absolute Gasteiger partial charge is 0.356 e. The number of esters is 1. The number of nitrogens with zero attached hydrogens (tertiary/aromatic N) is 3. The summed E-state index contributed by atoms with van der Waals surface area (Å²) < 4.78 is 6.88. The molecule has 37 heavy (non-hydrogen) atoms. The van der Waals surface area contributed by atoms with Crippen molar-refractivity contribution in [3.8, 4) is 0 Å². The summed E-state index contributed by atoms with van der Waals surface area (Å²) in [5, 5.41) is 10.8. The molecule has 0 aliphatic carbocycles. The maximum absolute atomic E-state index is 13.8. The molecule has 0 unspecified atom stereocenters. The second kappa shape index (κ2) is 10.7. The first-order valence-electron chi connectivity index (χ1n) is 11.3. The molecule has 0 bridgehead atoms. The van der Waals surface area contributed by atoms with E-state index in [-0.39, 0.29) is 5.70 Å². The number of ether oxygens (including phenoxy) is 1. The van der Waals surface area contributed by atoms with E-state index in [4.69, 9.17) is 10.5 Å². The number of rotatable bonds is 9. The third kappa shape index (κ3) is 4.89. The van der Waals surface area contributed by atoms with Crippen molar-refractivity contribution in [3.05, 3.63) is 88.1 Å². The van der Waals surface area contributed by atoms with Gasteiger partial charge in [0.05, 0.1) is 0 Å². The fourth-order valence-electron chi connectivity index (χ4n) is 4.21. The highest BCUT2D eigenvalue weighted by atomic mass is 32.2. The fraction of sp³-hybridized carbons (Fsp3) is 0.240. The van der Waals surface area contributed by atoms with Crippen molar-refractivity contribution in [1.82, 2.24) is 20.4 Å². The first kappa shape index (κ1) is 25.5. The van der Waals surface area contributed by atoms with Gasteiger partial charge in [-0.05, 0) is 23.6 Å². The second-order valence-corrected chi connectivity index (χ2v) is 11.9. The van der Waals surface area contributed by atoms with E-state index in [1.807, 2.05) is 67.6 Å². The molecule has 9 nitrogen and oxygen atoms in total. The zero-order chi connectivity index (χ0) is 26.0. The van der Waals surface area contributed by atoms with Crippen molar-refractivity contribution in [1.29, 1.82) is 0 Å². The van der Waals surface area contributed by atoms with Gasteiger partial charge in [0.1, 0.15) is 16.1 Å². The van der Waals surface area contributed by atoms with Gasteiger partial charge >= 0.3 is 5.97 Å². The summed E-state index contributed by atoms with van der Waals surface area (Å²) >= 11 is 4.30. The van der Waals surface area contributed by atoms with Crippen molar-refractivity contribution in [2.75, 3.05) is 11.5 Å². The number of nitrogens with one attached hydrogen (secondary N) is 1. The van der Waals surface area contributed by atoms with Crippen LogP contribution in [0, 0.1) is 6.92 Å². The summed E-state index contributed by atoms with van der Waals surface area (Å²) in [4.78, 5) is 39.5. The normalized spacial score (nSPS) is 20.9. The number of hydrogen-bond acceptors (Lipinski definition) is 10. The van der Waals surface area contributed by atoms with Gasteiger partial charge in [-0.1, -0.05) is 83.8 Å². The lowest BCUT2D eigenvalue weighted by atomic mass is 9.96. The highest BCUT2D eigenvalue weighted by Gasteiger charge is 2.63. The Hall–Kier alpha value is -3.19. The summed E-state index contributed by atoms with van der Waals surface area (Å²) in [6.07, 6.45) is -0.274. The Balaban J connectivity index is 1.49. The Morgan fingerprint density at radius 3 is 2.43 bits per heavy atom. The zero-order valence-electron chi connectivity index (χ0n) is 19.7. The Bertz CT molecular complexity index is 1310. The number of β-lactam (4-membered cyclic amide) rings is 1. The highest BCUT2D eigenvalue weighted by molar-refractivity contribution is 8.01. The van der Waals surface area contributed by atoms with Crippen LogP contribution in [0.3, 0.4) is 0 Å². The topological polar surface area (TPSA) is 128 Å². The SMILES string of the molecule is Cc1nnc(SCC2=C(C(=O)OC(c3ccccc3)c3ccccc3)N3C(=O)[C@](N)(NC=O)[C@@H]3SC2)s1. The molecule has 1 fully saturated rings. The average molecular weight is 554 g/mol. The van der Waals surface area contributed by atoms with E-state index in [1.54, 1.807) is 0 Å². The summed E-state index contributed by atoms with van der Waals surface area (Å²) in [7, 11) is 0. The van der Waals surface area contributed by atoms with Crippen LogP contribution in [0.1, 0.15) is 22.2 Å². The molecule has 0 spiro atoms. The number of carbonyl (C=O) groups is 3. The number of carbonyl (C=O) groups excluding carboxylic acids is 3. The monoisotopic (exact) mass is 553 g/mol. The first-order valence-corrected chi connectivity index (χ1v) is 14.2. The van der Waals surface area contributed by atoms with E-state index in [0.29, 0.717) is 17.9 Å². The van der Waals surface area contributed by atoms with E-state index < -0.39 is 29.0 Å². The molecular formula is C25H23N5O4S3. The molecule has 0 saturated carbocycles. The Morgan fingerprint density at radius 1 is 1.22 bits per heavy atom. The van der Waals surface area contributed by atoms with Gasteiger partial charge in [0.2, 0.25) is 12.1 Å². The van der Waals surface area contributed by atoms with Crippen LogP contribution in [0.15, 0.2) is 76.3 Å². The molecule has 2 atom stereocenters. The minimum atomic E-state index is -1.58. The number of fused-ring (bicyclic) bond motifs is 1. The third-order valence-electron chi connectivity index (χ3n) is 5.99. The maximum atomic E-state index is 13.8. The predicted molar refractivity (Wildman–Crippen MR) is 142 cm³/mol. The molecule has 2 aliphatic rings. The molecule has 0 radical (unpaired) electrons. The Morgan fingerprint density at radius 2 is 1.86 bits per heavy atom. The predicted octanol–water partition coefficient (Wildman–Crippen LogP) is 2.84. The molecule has 2 aliphatic heterocycles. The number of benzene rings is 2. The van der Waals surface area contributed by atoms with Crippen LogP contribution in [-0.2, 0) is 19.1 Å². The number of aryl methyl sites for hydroxylation is 1. The van der Waals surface area contributed by atoms with Crippen LogP contribution in [0.5, 0.6) is 0 Å². The summed E-state index contributed by atoms with van der Waals surface area (Å²) in [6, 6.07) is 18.9. The van der Waals surface area contributed by atoms with Crippen LogP contribution < -0.4 is 11.1 Å². The van der Waals surface area contributed by atoms with E-state index in [9.17, 15) is 14.4 Å². The third-order valence-corrected chi connectivity index (χ3v) is 9.46. The highest BCUT2D eigenvalue weighted by Crippen LogP contribution is 2.45. The minimum Gasteiger partial charge on any atom is -0.448 e. The number of thioether (sulfide) groups is 2. The molecule has 3 heterocycles. The van der Waals surface area contributed by atoms with Crippen LogP contribution in [0.25, 0.3) is 0 Å². The lowest BCUT2D eigenvalue weighted by molar-refractivity contribution is -0.160. The van der Waals surface area contributed by atoms with E-state index >= 15 is 0 Å². The summed E-state index contributed by atoms with van der Waals surface area (Å²) in [5.41, 5.74) is 7.13. The molecule has 1 saturated heterocycles. The second-order valence-electron chi connectivity index (χ2n) is 8.40. The van der Waals surface area contributed by atoms with Gasteiger partial charge in [0.25, 0.3) is 5.91 Å². The Labute approximate surface area is 225 Å². The average Bonchev–Trinajstić information content (AvgIpc) is 3.35. The minimum absolute atomic E-state index is 0.160. The van der Waals surface area contributed by atoms with Crippen LogP contribution in [-0.4, -0.2) is 55.9 Å². The number of aromatic nitrogens is 2. The van der Waals surface area contributed by atoms with Gasteiger partial charge < -0.3 is 10.1 Å². The largest absolute Gasteiger partial charge is 0.448 e. The van der Waals surface area contributed by atoms with Crippen LogP contribution >= 0.6 is 34.9 Å². The fourth-order valence-corrected chi connectivity index (χ4v) is 7.54. The lowest BCUT2D eigenvalue weighted by Gasteiger charge is -2.55. The molecule has 12 heteroatoms. The van der Waals surface area contributed by atoms with Crippen molar-refractivity contribution in [2.24, 2.45) is 5.73 Å². The van der Waals surface area contributed by atoms with E-state index in [1.165, 1.54) is 39.8 Å². The van der Waals surface area contributed by atoms with Gasteiger partial charge in [-0.3, -0.25) is 20.2 Å². The number of hydrogen-bond donors (Lipinski definition) is 2. The number of nitrogens with two attached hydrogens (primary N) is 1. The molecule has 2 aromatic carbocycles. The maximum Gasteiger partial charge on any atom is 0.356 e. The van der Waals surface area contributed by atoms with Gasteiger partial charge in [-0.15, -0.1) is 22.0 Å². The molecule has 3 N–H and O–H groups in total. The lowest BCUT2D eigenvalue weighted by Crippen LogP contribution is -2.83. The summed E-state index contributed by atoms with van der Waals surface area (Å²) in [5.74, 6) is -0.338. The van der Waals surface area contributed by atoms with Gasteiger partial charge in [0.15, 0.2) is 10.4 Å². The summed E-state index contributed by atoms with van der Waals surface area (Å²) in [6.45, 7) is 1.87. The van der Waals surface area contributed by atoms with Crippen molar-refractivity contribution >= 4 is 53.1 Å². The molecule has 1 aromatic heterocycles. The molecule has 3 aromatic rings. The number of amides is 2. The van der Waals surface area contributed by atoms with Crippen LogP contribution in [0.4, 0.5) is 0 Å². The molecular weight excluding hydrogens is 531 g/mol. The van der Waals surface area contributed by atoms with Crippen molar-refractivity contribution in [3.63, 3.8) is 0 Å². The zero-order valence-corrected chi connectivity index (χ0v) is 22.1. The Kier molecular flexibility index (Phi) is 7.33. The quantitative estimate of drug-likeness (QED) is 0.135. The molecule has 5 rings (SSSR count). The first-order chi connectivity index (χ1) is 17.9. The standard InChI is InChI=1S/C25H23N5O4S3/c1-15-28-29-24(37-15)36-13-18-12-35-23-25(26,27-14-31)22(33)30(23)19(18)21(32)34-20(16-8-4-2-5-9-16)17-10-6-3-7-11-17/h2-11,14,20,23H,12-13,26H2,1H3,(H,27,31)/t23-,25-/m0/s1. The van der Waals surface area contributed by atoms with Crippen LogP contribution in [0.2, 0.25) is 0 Å². The molecule has 2 amide bonds.